The lowest BCUT2D eigenvalue weighted by molar-refractivity contribution is 0.0696. The van der Waals surface area contributed by atoms with Gasteiger partial charge in [-0.3, -0.25) is 0 Å². The van der Waals surface area contributed by atoms with Crippen molar-refractivity contribution in [2.24, 2.45) is 15.2 Å². The normalized spacial score (nSPS) is 15.4. The monoisotopic (exact) mass is 588 g/mol. The van der Waals surface area contributed by atoms with E-state index in [-0.39, 0.29) is 28.9 Å². The van der Waals surface area contributed by atoms with Gasteiger partial charge < -0.3 is 15.6 Å². The molecule has 1 aliphatic rings. The summed E-state index contributed by atoms with van der Waals surface area (Å²) in [6, 6.07) is 29.3. The molecular weight excluding hydrogens is 564 g/mol. The van der Waals surface area contributed by atoms with Gasteiger partial charge in [0.2, 0.25) is 5.96 Å². The zero-order valence-corrected chi connectivity index (χ0v) is 23.2. The van der Waals surface area contributed by atoms with Crippen LogP contribution in [-0.2, 0) is 16.6 Å². The molecule has 5 rings (SSSR count). The highest BCUT2D eigenvalue weighted by molar-refractivity contribution is 7.90. The minimum absolute atomic E-state index is 0.0266. The Bertz CT molecular complexity index is 1710. The van der Waals surface area contributed by atoms with Gasteiger partial charge in [-0.2, -0.15) is 13.5 Å². The third-order valence-electron chi connectivity index (χ3n) is 6.46. The van der Waals surface area contributed by atoms with Crippen molar-refractivity contribution >= 4 is 39.3 Å². The van der Waals surface area contributed by atoms with Crippen LogP contribution in [0.1, 0.15) is 33.0 Å². The molecule has 11 heteroatoms. The highest BCUT2D eigenvalue weighted by atomic mass is 35.5. The molecule has 0 saturated carbocycles. The van der Waals surface area contributed by atoms with Gasteiger partial charge in [-0.15, -0.1) is 4.40 Å². The van der Waals surface area contributed by atoms with Crippen molar-refractivity contribution in [2.75, 3.05) is 6.54 Å². The maximum absolute atomic E-state index is 12.8. The highest BCUT2D eigenvalue weighted by Crippen LogP contribution is 2.30. The first-order valence-corrected chi connectivity index (χ1v) is 14.3. The Kier molecular flexibility index (Phi) is 8.04. The molecule has 4 aromatic rings. The number of carboxylic acid groups (broad SMARTS) is 1. The van der Waals surface area contributed by atoms with Gasteiger partial charge in [-0.25, -0.2) is 9.80 Å². The Labute approximate surface area is 242 Å². The number of carbonyl (C=O) groups is 1. The van der Waals surface area contributed by atoms with Crippen LogP contribution in [-0.4, -0.2) is 42.7 Å². The SMILES string of the molecule is N/C(=N\S(=O)(=O)c1ccc(Cl)cc1)N1CC(c2ccccc2)C(c2ccc(OCc3ccc(C(=O)O)cc3)cc2)=N1. The summed E-state index contributed by atoms with van der Waals surface area (Å²) < 4.78 is 35.4. The summed E-state index contributed by atoms with van der Waals surface area (Å²) in [5.41, 5.74) is 9.73. The van der Waals surface area contributed by atoms with Crippen LogP contribution < -0.4 is 10.5 Å². The summed E-state index contributed by atoms with van der Waals surface area (Å²) in [4.78, 5) is 11.0. The van der Waals surface area contributed by atoms with Crippen molar-refractivity contribution < 1.29 is 23.1 Å². The predicted octanol–water partition coefficient (Wildman–Crippen LogP) is 5.12. The van der Waals surface area contributed by atoms with Gasteiger partial charge in [0.05, 0.1) is 22.7 Å². The van der Waals surface area contributed by atoms with Crippen LogP contribution in [0.3, 0.4) is 0 Å². The second-order valence-corrected chi connectivity index (χ2v) is 11.3. The molecule has 1 heterocycles. The molecule has 3 N–H and O–H groups in total. The Morgan fingerprint density at radius 2 is 1.63 bits per heavy atom. The van der Waals surface area contributed by atoms with E-state index in [1.165, 1.54) is 41.4 Å². The fraction of sp³-hybridized carbons (Fsp3) is 0.100. The molecule has 208 valence electrons. The van der Waals surface area contributed by atoms with Crippen LogP contribution in [0.25, 0.3) is 0 Å². The first kappa shape index (κ1) is 27.9. The Morgan fingerprint density at radius 3 is 2.27 bits per heavy atom. The molecule has 0 bridgehead atoms. The maximum Gasteiger partial charge on any atom is 0.335 e. The number of hydrazone groups is 1. The molecule has 0 fully saturated rings. The number of hydrogen-bond donors (Lipinski definition) is 2. The summed E-state index contributed by atoms with van der Waals surface area (Å²) in [7, 11) is -4.07. The van der Waals surface area contributed by atoms with Gasteiger partial charge >= 0.3 is 5.97 Å². The Hall–Kier alpha value is -4.67. The number of nitrogens with zero attached hydrogens (tertiary/aromatic N) is 3. The van der Waals surface area contributed by atoms with Crippen molar-refractivity contribution in [2.45, 2.75) is 17.4 Å². The largest absolute Gasteiger partial charge is 0.489 e. The van der Waals surface area contributed by atoms with Crippen molar-refractivity contribution in [1.82, 2.24) is 5.01 Å². The summed E-state index contributed by atoms with van der Waals surface area (Å²) >= 11 is 5.88. The Morgan fingerprint density at radius 1 is 0.976 bits per heavy atom. The van der Waals surface area contributed by atoms with Crippen molar-refractivity contribution in [3.05, 3.63) is 130 Å². The standard InChI is InChI=1S/C30H25ClN4O5S/c31-24-12-16-26(17-13-24)41(38,39)34-30(32)35-18-27(21-4-2-1-3-5-21)28(33-35)22-10-14-25(15-11-22)40-19-20-6-8-23(9-7-20)29(36)37/h1-17,27H,18-19H2,(H2,32,34)(H,36,37). The number of carboxylic acids is 1. The number of aromatic carboxylic acids is 1. The lowest BCUT2D eigenvalue weighted by atomic mass is 9.90. The Balaban J connectivity index is 1.37. The van der Waals surface area contributed by atoms with Crippen molar-refractivity contribution in [1.29, 1.82) is 0 Å². The number of ether oxygens (including phenoxy) is 1. The second kappa shape index (κ2) is 11.8. The van der Waals surface area contributed by atoms with E-state index in [4.69, 9.17) is 27.2 Å². The van der Waals surface area contributed by atoms with Crippen molar-refractivity contribution in [3.63, 3.8) is 0 Å². The molecular formula is C30H25ClN4O5S. The molecule has 0 aromatic heterocycles. The fourth-order valence-corrected chi connectivity index (χ4v) is 5.37. The minimum Gasteiger partial charge on any atom is -0.489 e. The zero-order valence-electron chi connectivity index (χ0n) is 21.6. The van der Waals surface area contributed by atoms with Gasteiger partial charge in [0.1, 0.15) is 12.4 Å². The molecule has 0 aliphatic carbocycles. The quantitative estimate of drug-likeness (QED) is 0.215. The number of benzene rings is 4. The molecule has 9 nitrogen and oxygen atoms in total. The maximum atomic E-state index is 12.8. The van der Waals surface area contributed by atoms with Gasteiger partial charge in [-0.1, -0.05) is 54.1 Å². The summed E-state index contributed by atoms with van der Waals surface area (Å²) in [5, 5.41) is 15.5. The van der Waals surface area contributed by atoms with Crippen LogP contribution in [0.2, 0.25) is 5.02 Å². The lowest BCUT2D eigenvalue weighted by Gasteiger charge is -2.16. The number of hydrogen-bond acceptors (Lipinski definition) is 5. The third kappa shape index (κ3) is 6.56. The fourth-order valence-electron chi connectivity index (χ4n) is 4.31. The van der Waals surface area contributed by atoms with Gasteiger partial charge in [0, 0.05) is 10.9 Å². The number of rotatable bonds is 8. The number of halogens is 1. The molecule has 1 atom stereocenters. The average molecular weight is 589 g/mol. The summed E-state index contributed by atoms with van der Waals surface area (Å²) in [6.07, 6.45) is 0. The van der Waals surface area contributed by atoms with Gasteiger partial charge in [0.15, 0.2) is 0 Å². The molecule has 0 saturated heterocycles. The molecule has 0 spiro atoms. The van der Waals surface area contributed by atoms with E-state index in [0.29, 0.717) is 23.0 Å². The topological polar surface area (TPSA) is 135 Å². The third-order valence-corrected chi connectivity index (χ3v) is 8.01. The smallest absolute Gasteiger partial charge is 0.335 e. The van der Waals surface area contributed by atoms with Crippen LogP contribution in [0.4, 0.5) is 0 Å². The van der Waals surface area contributed by atoms with Crippen LogP contribution in [0.5, 0.6) is 5.75 Å². The zero-order chi connectivity index (χ0) is 29.0. The van der Waals surface area contributed by atoms with E-state index in [1.807, 2.05) is 54.6 Å². The number of nitrogens with two attached hydrogens (primary N) is 1. The van der Waals surface area contributed by atoms with E-state index < -0.39 is 16.0 Å². The molecule has 1 unspecified atom stereocenters. The van der Waals surface area contributed by atoms with Crippen LogP contribution in [0, 0.1) is 0 Å². The van der Waals surface area contributed by atoms with E-state index in [1.54, 1.807) is 12.1 Å². The average Bonchev–Trinajstić information content (AvgIpc) is 3.43. The van der Waals surface area contributed by atoms with Crippen LogP contribution in [0.15, 0.2) is 118 Å². The lowest BCUT2D eigenvalue weighted by Crippen LogP contribution is -2.33. The highest BCUT2D eigenvalue weighted by Gasteiger charge is 2.31. The van der Waals surface area contributed by atoms with E-state index in [9.17, 15) is 13.2 Å². The summed E-state index contributed by atoms with van der Waals surface area (Å²) in [5.74, 6) is -0.795. The van der Waals surface area contributed by atoms with E-state index in [2.05, 4.69) is 9.50 Å². The number of guanidine groups is 1. The van der Waals surface area contributed by atoms with Crippen molar-refractivity contribution in [3.8, 4) is 5.75 Å². The molecule has 0 amide bonds. The van der Waals surface area contributed by atoms with E-state index >= 15 is 0 Å². The summed E-state index contributed by atoms with van der Waals surface area (Å²) in [6.45, 7) is 0.575. The predicted molar refractivity (Wildman–Crippen MR) is 157 cm³/mol. The molecule has 4 aromatic carbocycles. The second-order valence-electron chi connectivity index (χ2n) is 9.22. The minimum atomic E-state index is -4.07. The first-order valence-electron chi connectivity index (χ1n) is 12.5. The van der Waals surface area contributed by atoms with E-state index in [0.717, 1.165) is 16.7 Å². The molecule has 1 aliphatic heterocycles. The van der Waals surface area contributed by atoms with Crippen LogP contribution >= 0.6 is 11.6 Å². The molecule has 0 radical (unpaired) electrons. The van der Waals surface area contributed by atoms with Gasteiger partial charge in [0.25, 0.3) is 10.0 Å². The number of sulfonamides is 1. The molecule has 41 heavy (non-hydrogen) atoms. The van der Waals surface area contributed by atoms with Gasteiger partial charge in [-0.05, 0) is 77.4 Å². The first-order chi connectivity index (χ1) is 19.7.